The van der Waals surface area contributed by atoms with E-state index in [2.05, 4.69) is 47.2 Å². The monoisotopic (exact) mass is 344 g/mol. The molecule has 0 radical (unpaired) electrons. The summed E-state index contributed by atoms with van der Waals surface area (Å²) in [6, 6.07) is 3.86. The Labute approximate surface area is 144 Å². The Kier molecular flexibility index (Phi) is 4.42. The van der Waals surface area contributed by atoms with Gasteiger partial charge in [0.1, 0.15) is 0 Å². The zero-order valence-electron chi connectivity index (χ0n) is 13.6. The van der Waals surface area contributed by atoms with Crippen LogP contribution in [0.5, 0.6) is 0 Å². The number of aromatic nitrogens is 4. The average molecular weight is 344 g/mol. The molecule has 1 aliphatic heterocycles. The average Bonchev–Trinajstić information content (AvgIpc) is 3.17. The van der Waals surface area contributed by atoms with Crippen LogP contribution in [0.4, 0.5) is 5.82 Å². The maximum absolute atomic E-state index is 5.93. The highest BCUT2D eigenvalue weighted by atomic mass is 32.1. The van der Waals surface area contributed by atoms with E-state index in [1.807, 2.05) is 19.2 Å². The van der Waals surface area contributed by atoms with Crippen molar-refractivity contribution in [3.8, 4) is 0 Å². The third kappa shape index (κ3) is 3.40. The third-order valence-electron chi connectivity index (χ3n) is 4.18. The van der Waals surface area contributed by atoms with Crippen molar-refractivity contribution in [1.29, 1.82) is 0 Å². The van der Waals surface area contributed by atoms with Gasteiger partial charge in [-0.1, -0.05) is 0 Å². The molecule has 7 nitrogen and oxygen atoms in total. The second-order valence-corrected chi connectivity index (χ2v) is 6.89. The standard InChI is InChI=1S/C16H20N6OS/c1-20(15-3-2-4-17-19-15)11-14-12-21(5-7-23-14)9-13-10-22-6-8-24-16(22)18-13/h2-4,6,8,10,14H,5,7,9,11-12H2,1H3/t14-/m0/s1. The van der Waals surface area contributed by atoms with Crippen molar-refractivity contribution in [2.45, 2.75) is 12.6 Å². The van der Waals surface area contributed by atoms with Gasteiger partial charge in [-0.2, -0.15) is 5.10 Å². The van der Waals surface area contributed by atoms with Crippen LogP contribution in [0.15, 0.2) is 36.1 Å². The molecule has 4 heterocycles. The van der Waals surface area contributed by atoms with Crippen LogP contribution in [0.1, 0.15) is 5.69 Å². The number of anilines is 1. The minimum atomic E-state index is 0.162. The summed E-state index contributed by atoms with van der Waals surface area (Å²) in [5.41, 5.74) is 1.12. The second-order valence-electron chi connectivity index (χ2n) is 6.02. The molecule has 0 saturated carbocycles. The molecule has 0 aromatic carbocycles. The van der Waals surface area contributed by atoms with Gasteiger partial charge in [-0.05, 0) is 12.1 Å². The molecule has 126 valence electrons. The van der Waals surface area contributed by atoms with Crippen molar-refractivity contribution in [2.24, 2.45) is 0 Å². The highest BCUT2D eigenvalue weighted by Gasteiger charge is 2.23. The predicted octanol–water partition coefficient (Wildman–Crippen LogP) is 1.52. The summed E-state index contributed by atoms with van der Waals surface area (Å²) in [5, 5.41) is 10.1. The minimum Gasteiger partial charge on any atom is -0.374 e. The van der Waals surface area contributed by atoms with Crippen LogP contribution in [-0.2, 0) is 11.3 Å². The molecule has 0 spiro atoms. The van der Waals surface area contributed by atoms with E-state index in [9.17, 15) is 0 Å². The summed E-state index contributed by atoms with van der Waals surface area (Å²) in [5.74, 6) is 0.868. The largest absolute Gasteiger partial charge is 0.374 e. The normalized spacial score (nSPS) is 19.0. The summed E-state index contributed by atoms with van der Waals surface area (Å²) in [4.78, 5) is 10.2. The predicted molar refractivity (Wildman–Crippen MR) is 93.4 cm³/mol. The number of morpholine rings is 1. The third-order valence-corrected chi connectivity index (χ3v) is 4.95. The van der Waals surface area contributed by atoms with Crippen LogP contribution in [0.2, 0.25) is 0 Å². The van der Waals surface area contributed by atoms with E-state index in [1.54, 1.807) is 17.5 Å². The molecule has 1 fully saturated rings. The summed E-state index contributed by atoms with van der Waals surface area (Å²) in [7, 11) is 2.02. The van der Waals surface area contributed by atoms with Crippen LogP contribution in [-0.4, -0.2) is 63.9 Å². The molecule has 0 aliphatic carbocycles. The zero-order valence-corrected chi connectivity index (χ0v) is 14.4. The molecule has 1 aliphatic rings. The topological polar surface area (TPSA) is 58.8 Å². The lowest BCUT2D eigenvalue weighted by molar-refractivity contribution is -0.0268. The van der Waals surface area contributed by atoms with Gasteiger partial charge in [0, 0.05) is 57.2 Å². The maximum Gasteiger partial charge on any atom is 0.193 e. The highest BCUT2D eigenvalue weighted by molar-refractivity contribution is 7.15. The van der Waals surface area contributed by atoms with E-state index < -0.39 is 0 Å². The first-order valence-electron chi connectivity index (χ1n) is 8.02. The molecule has 3 aromatic rings. The first-order valence-corrected chi connectivity index (χ1v) is 8.90. The Morgan fingerprint density at radius 3 is 3.25 bits per heavy atom. The Morgan fingerprint density at radius 2 is 2.42 bits per heavy atom. The van der Waals surface area contributed by atoms with Crippen LogP contribution >= 0.6 is 11.3 Å². The van der Waals surface area contributed by atoms with Gasteiger partial charge in [0.2, 0.25) is 0 Å². The minimum absolute atomic E-state index is 0.162. The number of hydrogen-bond acceptors (Lipinski definition) is 7. The Morgan fingerprint density at radius 1 is 1.46 bits per heavy atom. The van der Waals surface area contributed by atoms with Crippen molar-refractivity contribution < 1.29 is 4.74 Å². The number of nitrogens with zero attached hydrogens (tertiary/aromatic N) is 6. The molecule has 0 bridgehead atoms. The number of fused-ring (bicyclic) bond motifs is 1. The smallest absolute Gasteiger partial charge is 0.193 e. The van der Waals surface area contributed by atoms with Crippen molar-refractivity contribution in [3.05, 3.63) is 41.8 Å². The highest BCUT2D eigenvalue weighted by Crippen LogP contribution is 2.16. The molecule has 8 heteroatoms. The zero-order chi connectivity index (χ0) is 16.4. The Balaban J connectivity index is 1.36. The van der Waals surface area contributed by atoms with Gasteiger partial charge in [-0.25, -0.2) is 4.98 Å². The van der Waals surface area contributed by atoms with Crippen LogP contribution in [0, 0.1) is 0 Å². The van der Waals surface area contributed by atoms with Gasteiger partial charge < -0.3 is 9.64 Å². The molecule has 0 unspecified atom stereocenters. The van der Waals surface area contributed by atoms with Gasteiger partial charge in [-0.3, -0.25) is 9.30 Å². The molecule has 1 atom stereocenters. The fraction of sp³-hybridized carbons (Fsp3) is 0.438. The molecule has 1 saturated heterocycles. The van der Waals surface area contributed by atoms with Crippen molar-refractivity contribution in [2.75, 3.05) is 38.2 Å². The van der Waals surface area contributed by atoms with E-state index in [0.29, 0.717) is 0 Å². The van der Waals surface area contributed by atoms with E-state index in [1.165, 1.54) is 0 Å². The van der Waals surface area contributed by atoms with Crippen molar-refractivity contribution in [3.63, 3.8) is 0 Å². The SMILES string of the molecule is CN(C[C@H]1CN(Cc2cn3ccsc3n2)CCO1)c1cccnn1. The van der Waals surface area contributed by atoms with Crippen molar-refractivity contribution >= 4 is 22.1 Å². The molecular weight excluding hydrogens is 324 g/mol. The van der Waals surface area contributed by atoms with Gasteiger partial charge in [-0.15, -0.1) is 16.4 Å². The first kappa shape index (κ1) is 15.5. The van der Waals surface area contributed by atoms with E-state index >= 15 is 0 Å². The fourth-order valence-corrected chi connectivity index (χ4v) is 3.73. The number of likely N-dealkylation sites (N-methyl/N-ethyl adjacent to an activating group) is 1. The molecule has 4 rings (SSSR count). The lowest BCUT2D eigenvalue weighted by atomic mass is 10.2. The number of thiazole rings is 1. The summed E-state index contributed by atoms with van der Waals surface area (Å²) >= 11 is 1.67. The van der Waals surface area contributed by atoms with E-state index in [4.69, 9.17) is 4.74 Å². The first-order chi connectivity index (χ1) is 11.8. The van der Waals surface area contributed by atoms with E-state index in [-0.39, 0.29) is 6.10 Å². The van der Waals surface area contributed by atoms with Crippen LogP contribution in [0.3, 0.4) is 0 Å². The summed E-state index contributed by atoms with van der Waals surface area (Å²) in [6.45, 7) is 4.25. The number of imidazole rings is 1. The van der Waals surface area contributed by atoms with Crippen LogP contribution in [0.25, 0.3) is 4.96 Å². The number of ether oxygens (including phenoxy) is 1. The Bertz CT molecular complexity index is 760. The lowest BCUT2D eigenvalue weighted by Crippen LogP contribution is -2.46. The van der Waals surface area contributed by atoms with Gasteiger partial charge in [0.15, 0.2) is 10.8 Å². The van der Waals surface area contributed by atoms with E-state index in [0.717, 1.165) is 49.3 Å². The molecule has 3 aromatic heterocycles. The second kappa shape index (κ2) is 6.84. The Hall–Kier alpha value is -2.03. The van der Waals surface area contributed by atoms with Crippen molar-refractivity contribution in [1.82, 2.24) is 24.5 Å². The molecule has 0 N–H and O–H groups in total. The summed E-state index contributed by atoms with van der Waals surface area (Å²) in [6.07, 6.45) is 6.01. The van der Waals surface area contributed by atoms with Crippen LogP contribution < -0.4 is 4.90 Å². The number of rotatable bonds is 5. The maximum atomic E-state index is 5.93. The quantitative estimate of drug-likeness (QED) is 0.699. The molecule has 24 heavy (non-hydrogen) atoms. The molecule has 0 amide bonds. The number of hydrogen-bond donors (Lipinski definition) is 0. The lowest BCUT2D eigenvalue weighted by Gasteiger charge is -2.34. The fourth-order valence-electron chi connectivity index (χ4n) is 3.01. The van der Waals surface area contributed by atoms with Gasteiger partial charge in [0.25, 0.3) is 0 Å². The molecular formula is C16H20N6OS. The summed E-state index contributed by atoms with van der Waals surface area (Å²) < 4.78 is 8.01. The van der Waals surface area contributed by atoms with Gasteiger partial charge in [0.05, 0.1) is 18.4 Å². The van der Waals surface area contributed by atoms with Gasteiger partial charge >= 0.3 is 0 Å².